The molecule has 1 saturated carbocycles. The van der Waals surface area contributed by atoms with Crippen molar-refractivity contribution in [3.8, 4) is 0 Å². The minimum atomic E-state index is -0.844. The lowest BCUT2D eigenvalue weighted by atomic mass is 10.1. The molecule has 1 fully saturated rings. The normalized spacial score (nSPS) is 13.7. The van der Waals surface area contributed by atoms with E-state index in [0.29, 0.717) is 24.7 Å². The zero-order valence-corrected chi connectivity index (χ0v) is 27.5. The van der Waals surface area contributed by atoms with Crippen molar-refractivity contribution in [2.24, 2.45) is 0 Å². The number of carbonyl (C=O) groups is 2. The van der Waals surface area contributed by atoms with Crippen molar-refractivity contribution in [2.75, 3.05) is 4.90 Å². The first kappa shape index (κ1) is 31.5. The van der Waals surface area contributed by atoms with Gasteiger partial charge in [-0.25, -0.2) is 19.6 Å². The number of aryl methyl sites for hydroxylation is 2. The second kappa shape index (κ2) is 12.2. The van der Waals surface area contributed by atoms with Gasteiger partial charge >= 0.3 is 12.2 Å². The first-order chi connectivity index (χ1) is 20.6. The Bertz CT molecular complexity index is 1630. The maximum atomic E-state index is 13.1. The van der Waals surface area contributed by atoms with Crippen LogP contribution in [0.5, 0.6) is 0 Å². The number of imide groups is 1. The van der Waals surface area contributed by atoms with Crippen molar-refractivity contribution in [1.29, 1.82) is 0 Å². The van der Waals surface area contributed by atoms with Gasteiger partial charge in [0.15, 0.2) is 0 Å². The van der Waals surface area contributed by atoms with Gasteiger partial charge in [0, 0.05) is 30.8 Å². The number of carbonyl (C=O) groups excluding carboxylic acids is 2. The Hall–Kier alpha value is -3.90. The van der Waals surface area contributed by atoms with Gasteiger partial charge in [-0.2, -0.15) is 10.00 Å². The predicted molar refractivity (Wildman–Crippen MR) is 170 cm³/mol. The fourth-order valence-corrected chi connectivity index (χ4v) is 5.39. The number of nitrogens with one attached hydrogen (secondary N) is 1. The SMILES string of the molecule is Cc1cc(N(C(=O)OC(C)(C)C)C(=O)OC(C)(C)C)nc(C)c1CNSc1cnn(Cc2cn3cc(C4CC4)ccc3n2)c1. The summed E-state index contributed by atoms with van der Waals surface area (Å²) >= 11 is 1.47. The number of hydrogen-bond acceptors (Lipinski definition) is 9. The summed E-state index contributed by atoms with van der Waals surface area (Å²) in [5.41, 5.74) is 4.17. The highest BCUT2D eigenvalue weighted by Gasteiger charge is 2.34. The second-order valence-corrected chi connectivity index (χ2v) is 14.2. The number of nitrogens with zero attached hydrogens (tertiary/aromatic N) is 6. The Kier molecular flexibility index (Phi) is 8.77. The van der Waals surface area contributed by atoms with Crippen LogP contribution in [-0.2, 0) is 22.6 Å². The summed E-state index contributed by atoms with van der Waals surface area (Å²) in [6, 6.07) is 5.97. The molecule has 0 atom stereocenters. The number of pyridine rings is 2. The summed E-state index contributed by atoms with van der Waals surface area (Å²) in [5.74, 6) is 0.853. The number of hydrogen-bond donors (Lipinski definition) is 1. The molecule has 4 aromatic rings. The molecule has 234 valence electrons. The van der Waals surface area contributed by atoms with Crippen molar-refractivity contribution in [3.05, 3.63) is 71.1 Å². The summed E-state index contributed by atoms with van der Waals surface area (Å²) in [5, 5.41) is 4.51. The van der Waals surface area contributed by atoms with Gasteiger partial charge in [-0.1, -0.05) is 6.07 Å². The molecule has 1 aliphatic rings. The van der Waals surface area contributed by atoms with Crippen LogP contribution in [-0.4, -0.2) is 47.5 Å². The lowest BCUT2D eigenvalue weighted by Gasteiger charge is -2.28. The lowest BCUT2D eigenvalue weighted by molar-refractivity contribution is 0.0429. The van der Waals surface area contributed by atoms with Crippen molar-refractivity contribution >= 4 is 35.6 Å². The van der Waals surface area contributed by atoms with Crippen molar-refractivity contribution in [3.63, 3.8) is 0 Å². The molecule has 4 heterocycles. The van der Waals surface area contributed by atoms with Crippen LogP contribution < -0.4 is 9.62 Å². The van der Waals surface area contributed by atoms with Gasteiger partial charge in [-0.15, -0.1) is 0 Å². The maximum Gasteiger partial charge on any atom is 0.425 e. The number of imidazole rings is 1. The topological polar surface area (TPSA) is 116 Å². The number of ether oxygens (including phenoxy) is 2. The first-order valence-corrected chi connectivity index (χ1v) is 15.6. The molecule has 0 saturated heterocycles. The molecule has 4 aromatic heterocycles. The molecular weight excluding hydrogens is 578 g/mol. The average Bonchev–Trinajstić information content (AvgIpc) is 3.52. The van der Waals surface area contributed by atoms with Gasteiger partial charge in [0.2, 0.25) is 0 Å². The van der Waals surface area contributed by atoms with E-state index in [-0.39, 0.29) is 5.82 Å². The standard InChI is InChI=1S/C32H41N7O4S/c1-20-13-28(39(29(40)42-31(3,4)5)30(41)43-32(6,7)8)35-21(2)26(20)15-34-44-25-14-33-38(19-25)18-24-17-37-16-23(22-9-10-22)11-12-27(37)36-24/h11-14,16-17,19,22,34H,9-10,15,18H2,1-8H3. The molecule has 44 heavy (non-hydrogen) atoms. The minimum absolute atomic E-state index is 0.150. The van der Waals surface area contributed by atoms with Crippen molar-refractivity contribution in [1.82, 2.24) is 28.9 Å². The highest BCUT2D eigenvalue weighted by Crippen LogP contribution is 2.39. The number of amides is 2. The van der Waals surface area contributed by atoms with Crippen molar-refractivity contribution < 1.29 is 19.1 Å². The molecule has 0 unspecified atom stereocenters. The van der Waals surface area contributed by atoms with Crippen LogP contribution in [0, 0.1) is 13.8 Å². The third-order valence-electron chi connectivity index (χ3n) is 6.87. The Morgan fingerprint density at radius 3 is 2.30 bits per heavy atom. The van der Waals surface area contributed by atoms with Crippen LogP contribution in [0.1, 0.15) is 88.4 Å². The van der Waals surface area contributed by atoms with Gasteiger partial charge in [0.25, 0.3) is 0 Å². The van der Waals surface area contributed by atoms with E-state index < -0.39 is 23.4 Å². The Morgan fingerprint density at radius 2 is 1.68 bits per heavy atom. The highest BCUT2D eigenvalue weighted by molar-refractivity contribution is 7.97. The summed E-state index contributed by atoms with van der Waals surface area (Å²) in [4.78, 5) is 37.3. The molecule has 1 N–H and O–H groups in total. The quantitative estimate of drug-likeness (QED) is 0.209. The van der Waals surface area contributed by atoms with E-state index in [1.807, 2.05) is 30.9 Å². The zero-order valence-electron chi connectivity index (χ0n) is 26.7. The number of aromatic nitrogens is 5. The fraction of sp³-hybridized carbons (Fsp3) is 0.469. The zero-order chi connectivity index (χ0) is 31.8. The number of anilines is 1. The second-order valence-electron chi connectivity index (χ2n) is 13.2. The van der Waals surface area contributed by atoms with E-state index in [4.69, 9.17) is 14.5 Å². The predicted octanol–water partition coefficient (Wildman–Crippen LogP) is 6.94. The van der Waals surface area contributed by atoms with Crippen LogP contribution >= 0.6 is 11.9 Å². The van der Waals surface area contributed by atoms with E-state index in [0.717, 1.165) is 32.3 Å². The van der Waals surface area contributed by atoms with Crippen LogP contribution in [0.4, 0.5) is 15.4 Å². The van der Waals surface area contributed by atoms with Crippen LogP contribution in [0.2, 0.25) is 0 Å². The van der Waals surface area contributed by atoms with E-state index in [1.165, 1.54) is 30.4 Å². The van der Waals surface area contributed by atoms with Gasteiger partial charge in [-0.05, 0) is 115 Å². The fourth-order valence-electron chi connectivity index (χ4n) is 4.73. The van der Waals surface area contributed by atoms with Gasteiger partial charge in [0.05, 0.1) is 23.3 Å². The molecule has 0 radical (unpaired) electrons. The average molecular weight is 620 g/mol. The largest absolute Gasteiger partial charge is 0.443 e. The number of rotatable bonds is 8. The third kappa shape index (κ3) is 7.97. The third-order valence-corrected chi connectivity index (χ3v) is 7.60. The van der Waals surface area contributed by atoms with E-state index in [2.05, 4.69) is 43.7 Å². The Morgan fingerprint density at radius 1 is 1.00 bits per heavy atom. The lowest BCUT2D eigenvalue weighted by Crippen LogP contribution is -2.44. The highest BCUT2D eigenvalue weighted by atomic mass is 32.2. The summed E-state index contributed by atoms with van der Waals surface area (Å²) < 4.78 is 18.4. The van der Waals surface area contributed by atoms with Crippen LogP contribution in [0.25, 0.3) is 5.65 Å². The molecule has 0 spiro atoms. The number of fused-ring (bicyclic) bond motifs is 1. The van der Waals surface area contributed by atoms with Crippen LogP contribution in [0.3, 0.4) is 0 Å². The molecule has 0 aromatic carbocycles. The van der Waals surface area contributed by atoms with Gasteiger partial charge in [-0.3, -0.25) is 9.40 Å². The van der Waals surface area contributed by atoms with Crippen molar-refractivity contribution in [2.45, 2.75) is 103 Å². The van der Waals surface area contributed by atoms with Crippen LogP contribution in [0.15, 0.2) is 47.9 Å². The monoisotopic (exact) mass is 619 g/mol. The molecule has 2 amide bonds. The summed E-state index contributed by atoms with van der Waals surface area (Å²) in [6.45, 7) is 15.3. The maximum absolute atomic E-state index is 13.1. The molecule has 5 rings (SSSR count). The van der Waals surface area contributed by atoms with Gasteiger partial charge < -0.3 is 13.9 Å². The first-order valence-electron chi connectivity index (χ1n) is 14.8. The molecule has 1 aliphatic carbocycles. The molecule has 0 aliphatic heterocycles. The molecule has 0 bridgehead atoms. The molecule has 11 nitrogen and oxygen atoms in total. The summed E-state index contributed by atoms with van der Waals surface area (Å²) in [7, 11) is 0. The molecular formula is C32H41N7O4S. The summed E-state index contributed by atoms with van der Waals surface area (Å²) in [6.07, 6.45) is 8.93. The Labute approximate surface area is 262 Å². The smallest absolute Gasteiger partial charge is 0.425 e. The Balaban J connectivity index is 1.23. The van der Waals surface area contributed by atoms with E-state index in [1.54, 1.807) is 47.6 Å². The van der Waals surface area contributed by atoms with E-state index >= 15 is 0 Å². The van der Waals surface area contributed by atoms with E-state index in [9.17, 15) is 9.59 Å². The molecule has 12 heteroatoms. The minimum Gasteiger partial charge on any atom is -0.443 e. The van der Waals surface area contributed by atoms with Gasteiger partial charge in [0.1, 0.15) is 22.7 Å².